The van der Waals surface area contributed by atoms with Gasteiger partial charge in [-0.15, -0.1) is 10.2 Å². The lowest BCUT2D eigenvalue weighted by atomic mass is 9.96. The van der Waals surface area contributed by atoms with Crippen LogP contribution < -0.4 is 5.32 Å². The van der Waals surface area contributed by atoms with Crippen LogP contribution in [0.25, 0.3) is 0 Å². The average Bonchev–Trinajstić information content (AvgIpc) is 3.31. The molecule has 0 unspecified atom stereocenters. The Kier molecular flexibility index (Phi) is 5.90. The van der Waals surface area contributed by atoms with Crippen molar-refractivity contribution < 1.29 is 4.79 Å². The van der Waals surface area contributed by atoms with E-state index in [0.717, 1.165) is 12.0 Å². The van der Waals surface area contributed by atoms with Crippen molar-refractivity contribution in [3.05, 3.63) is 47.5 Å². The number of nitrogens with zero attached hydrogens (tertiary/aromatic N) is 6. The molecular weight excluding hydrogens is 344 g/mol. The molecule has 142 valence electrons. The van der Waals surface area contributed by atoms with Crippen LogP contribution in [0.15, 0.2) is 30.6 Å². The summed E-state index contributed by atoms with van der Waals surface area (Å²) >= 11 is 0. The fourth-order valence-corrected chi connectivity index (χ4v) is 2.78. The zero-order valence-corrected chi connectivity index (χ0v) is 15.8. The summed E-state index contributed by atoms with van der Waals surface area (Å²) in [6.45, 7) is 6.88. The largest absolute Gasteiger partial charge is 0.293 e. The molecule has 0 fully saturated rings. The molecule has 3 rings (SSSR count). The number of aromatic nitrogens is 7. The first-order valence-electron chi connectivity index (χ1n) is 9.03. The van der Waals surface area contributed by atoms with Gasteiger partial charge in [0, 0.05) is 12.3 Å². The minimum absolute atomic E-state index is 0.0532. The Morgan fingerprint density at radius 3 is 2.67 bits per heavy atom. The molecule has 1 aromatic carbocycles. The SMILES string of the molecule is CC(C)Cc1ccc([C@H](C)c2nc(NC(=O)CCn3cnnn3)n[nH]2)cc1. The van der Waals surface area contributed by atoms with Crippen molar-refractivity contribution in [2.75, 3.05) is 5.32 Å². The molecule has 2 heterocycles. The lowest BCUT2D eigenvalue weighted by Gasteiger charge is -2.10. The second kappa shape index (κ2) is 8.52. The molecule has 3 aromatic rings. The number of aromatic amines is 1. The zero-order valence-electron chi connectivity index (χ0n) is 15.8. The highest BCUT2D eigenvalue weighted by molar-refractivity contribution is 5.88. The fraction of sp³-hybridized carbons (Fsp3) is 0.444. The van der Waals surface area contributed by atoms with Crippen LogP contribution in [0.5, 0.6) is 0 Å². The number of anilines is 1. The van der Waals surface area contributed by atoms with Crippen LogP contribution in [0.2, 0.25) is 0 Å². The molecular formula is C18H24N8O. The maximum atomic E-state index is 12.0. The molecule has 2 aromatic heterocycles. The van der Waals surface area contributed by atoms with Crippen molar-refractivity contribution in [1.82, 2.24) is 35.4 Å². The minimum atomic E-state index is -0.193. The number of carbonyl (C=O) groups excluding carboxylic acids is 1. The van der Waals surface area contributed by atoms with E-state index >= 15 is 0 Å². The van der Waals surface area contributed by atoms with Gasteiger partial charge in [0.1, 0.15) is 12.2 Å². The molecule has 0 spiro atoms. The van der Waals surface area contributed by atoms with Crippen molar-refractivity contribution in [1.29, 1.82) is 0 Å². The summed E-state index contributed by atoms with van der Waals surface area (Å²) in [4.78, 5) is 16.4. The van der Waals surface area contributed by atoms with E-state index in [1.54, 1.807) is 0 Å². The molecule has 1 atom stereocenters. The van der Waals surface area contributed by atoms with Gasteiger partial charge in [0.15, 0.2) is 0 Å². The molecule has 0 saturated heterocycles. The zero-order chi connectivity index (χ0) is 19.2. The van der Waals surface area contributed by atoms with E-state index in [4.69, 9.17) is 0 Å². The van der Waals surface area contributed by atoms with Crippen molar-refractivity contribution in [3.8, 4) is 0 Å². The Labute approximate surface area is 157 Å². The third kappa shape index (κ3) is 5.19. The highest BCUT2D eigenvalue weighted by Crippen LogP contribution is 2.22. The molecule has 0 radical (unpaired) electrons. The van der Waals surface area contributed by atoms with Crippen molar-refractivity contribution in [2.45, 2.75) is 46.1 Å². The monoisotopic (exact) mass is 368 g/mol. The van der Waals surface area contributed by atoms with Gasteiger partial charge in [0.05, 0.1) is 6.54 Å². The van der Waals surface area contributed by atoms with E-state index in [-0.39, 0.29) is 24.2 Å². The summed E-state index contributed by atoms with van der Waals surface area (Å²) in [5, 5.41) is 20.5. The maximum absolute atomic E-state index is 12.0. The number of rotatable bonds is 8. The highest BCUT2D eigenvalue weighted by Gasteiger charge is 2.15. The normalized spacial score (nSPS) is 12.3. The van der Waals surface area contributed by atoms with E-state index in [1.807, 2.05) is 0 Å². The second-order valence-corrected chi connectivity index (χ2v) is 6.98. The molecule has 27 heavy (non-hydrogen) atoms. The number of nitrogens with one attached hydrogen (secondary N) is 2. The number of hydrogen-bond acceptors (Lipinski definition) is 6. The van der Waals surface area contributed by atoms with Crippen LogP contribution in [0.1, 0.15) is 50.1 Å². The van der Waals surface area contributed by atoms with E-state index < -0.39 is 0 Å². The van der Waals surface area contributed by atoms with Crippen LogP contribution in [0, 0.1) is 5.92 Å². The van der Waals surface area contributed by atoms with Crippen LogP contribution in [0.4, 0.5) is 5.95 Å². The number of amides is 1. The first kappa shape index (κ1) is 18.7. The molecule has 0 aliphatic heterocycles. The number of aryl methyl sites for hydroxylation is 1. The van der Waals surface area contributed by atoms with Crippen LogP contribution in [-0.4, -0.2) is 41.3 Å². The van der Waals surface area contributed by atoms with Gasteiger partial charge < -0.3 is 0 Å². The van der Waals surface area contributed by atoms with Gasteiger partial charge in [-0.2, -0.15) is 4.98 Å². The van der Waals surface area contributed by atoms with Gasteiger partial charge in [0.25, 0.3) is 0 Å². The quantitative estimate of drug-likeness (QED) is 0.630. The van der Waals surface area contributed by atoms with E-state index in [0.29, 0.717) is 18.3 Å². The third-order valence-electron chi connectivity index (χ3n) is 4.25. The molecule has 0 bridgehead atoms. The Morgan fingerprint density at radius 1 is 1.22 bits per heavy atom. The van der Waals surface area contributed by atoms with Crippen molar-refractivity contribution in [2.24, 2.45) is 5.92 Å². The Balaban J connectivity index is 1.56. The summed E-state index contributed by atoms with van der Waals surface area (Å²) in [7, 11) is 0. The van der Waals surface area contributed by atoms with Gasteiger partial charge in [-0.3, -0.25) is 15.2 Å². The standard InChI is InChI=1S/C18H24N8O/c1-12(2)10-14-4-6-15(7-5-14)13(3)17-21-18(23-22-17)20-16(27)8-9-26-11-19-24-25-26/h4-7,11-13H,8-10H2,1-3H3,(H2,20,21,22,23,27)/t13-/m0/s1. The predicted molar refractivity (Wildman–Crippen MR) is 99.9 cm³/mol. The number of carbonyl (C=O) groups is 1. The Morgan fingerprint density at radius 2 is 2.00 bits per heavy atom. The summed E-state index contributed by atoms with van der Waals surface area (Å²) in [6.07, 6.45) is 2.77. The topological polar surface area (TPSA) is 114 Å². The lowest BCUT2D eigenvalue weighted by molar-refractivity contribution is -0.116. The lowest BCUT2D eigenvalue weighted by Crippen LogP contribution is -2.15. The molecule has 9 heteroatoms. The van der Waals surface area contributed by atoms with Crippen molar-refractivity contribution in [3.63, 3.8) is 0 Å². The first-order chi connectivity index (χ1) is 13.0. The molecule has 0 aliphatic rings. The summed E-state index contributed by atoms with van der Waals surface area (Å²) in [5.74, 6) is 1.48. The van der Waals surface area contributed by atoms with Gasteiger partial charge in [-0.1, -0.05) is 45.0 Å². The highest BCUT2D eigenvalue weighted by atomic mass is 16.1. The first-order valence-corrected chi connectivity index (χ1v) is 9.03. The van der Waals surface area contributed by atoms with Gasteiger partial charge in [-0.25, -0.2) is 4.68 Å². The number of H-pyrrole nitrogens is 1. The molecule has 1 amide bonds. The fourth-order valence-electron chi connectivity index (χ4n) is 2.78. The minimum Gasteiger partial charge on any atom is -0.293 e. The van der Waals surface area contributed by atoms with E-state index in [1.165, 1.54) is 16.6 Å². The van der Waals surface area contributed by atoms with Crippen LogP contribution in [0.3, 0.4) is 0 Å². The summed E-state index contributed by atoms with van der Waals surface area (Å²) in [6, 6.07) is 8.55. The van der Waals surface area contributed by atoms with Gasteiger partial charge in [-0.05, 0) is 33.9 Å². The van der Waals surface area contributed by atoms with E-state index in [9.17, 15) is 4.79 Å². The molecule has 0 aliphatic carbocycles. The van der Waals surface area contributed by atoms with Crippen molar-refractivity contribution >= 4 is 11.9 Å². The maximum Gasteiger partial charge on any atom is 0.248 e. The smallest absolute Gasteiger partial charge is 0.248 e. The Hall–Kier alpha value is -3.10. The number of tetrazole rings is 1. The van der Waals surface area contributed by atoms with E-state index in [2.05, 4.69) is 81.1 Å². The second-order valence-electron chi connectivity index (χ2n) is 6.98. The summed E-state index contributed by atoms with van der Waals surface area (Å²) < 4.78 is 1.49. The Bertz CT molecular complexity index is 854. The van der Waals surface area contributed by atoms with Crippen LogP contribution in [-0.2, 0) is 17.8 Å². The van der Waals surface area contributed by atoms with Crippen LogP contribution >= 0.6 is 0 Å². The molecule has 0 saturated carbocycles. The van der Waals surface area contributed by atoms with Gasteiger partial charge in [0.2, 0.25) is 11.9 Å². The number of hydrogen-bond donors (Lipinski definition) is 2. The third-order valence-corrected chi connectivity index (χ3v) is 4.25. The molecule has 9 nitrogen and oxygen atoms in total. The number of benzene rings is 1. The predicted octanol–water partition coefficient (Wildman–Crippen LogP) is 2.17. The van der Waals surface area contributed by atoms with Gasteiger partial charge >= 0.3 is 0 Å². The average molecular weight is 368 g/mol. The summed E-state index contributed by atoms with van der Waals surface area (Å²) in [5.41, 5.74) is 2.48. The molecule has 2 N–H and O–H groups in total.